The number of amidine groups is 1. The number of carbonyl (C=O) groups is 3. The third-order valence-corrected chi connectivity index (χ3v) is 3.94. The first-order chi connectivity index (χ1) is 14.5. The second-order valence-electron chi connectivity index (χ2n) is 6.22. The maximum atomic E-state index is 12.5. The Hall–Kier alpha value is -3.75. The number of benzene rings is 1. The zero-order valence-corrected chi connectivity index (χ0v) is 16.6. The van der Waals surface area contributed by atoms with E-state index >= 15 is 0 Å². The van der Waals surface area contributed by atoms with Crippen molar-refractivity contribution >= 4 is 23.9 Å². The predicted octanol–water partition coefficient (Wildman–Crippen LogP) is 2.12. The van der Waals surface area contributed by atoms with Crippen LogP contribution in [0.4, 0.5) is 4.79 Å². The first-order valence-electron chi connectivity index (χ1n) is 9.44. The lowest BCUT2D eigenvalue weighted by molar-refractivity contribution is -0.144. The van der Waals surface area contributed by atoms with Crippen LogP contribution >= 0.6 is 0 Å². The van der Waals surface area contributed by atoms with Crippen molar-refractivity contribution in [2.75, 3.05) is 13.2 Å². The quantitative estimate of drug-likeness (QED) is 0.212. The zero-order valence-electron chi connectivity index (χ0n) is 16.6. The highest BCUT2D eigenvalue weighted by molar-refractivity contribution is 5.98. The molecule has 0 unspecified atom stereocenters. The normalized spacial score (nSPS) is 12.0. The molecule has 158 valence electrons. The van der Waals surface area contributed by atoms with E-state index in [-0.39, 0.29) is 19.0 Å². The van der Waals surface area contributed by atoms with Crippen LogP contribution in [0, 0.1) is 0 Å². The van der Waals surface area contributed by atoms with Crippen LogP contribution in [0.3, 0.4) is 0 Å². The smallest absolute Gasteiger partial charge is 0.434 e. The fourth-order valence-corrected chi connectivity index (χ4v) is 2.37. The van der Waals surface area contributed by atoms with E-state index in [9.17, 15) is 14.4 Å². The maximum Gasteiger partial charge on any atom is 0.516 e. The van der Waals surface area contributed by atoms with Crippen LogP contribution in [0.2, 0.25) is 0 Å². The summed E-state index contributed by atoms with van der Waals surface area (Å²) < 4.78 is 9.56. The maximum absolute atomic E-state index is 12.5. The molecule has 9 heteroatoms. The van der Waals surface area contributed by atoms with Crippen molar-refractivity contribution < 1.29 is 23.9 Å². The van der Waals surface area contributed by atoms with E-state index in [2.05, 4.69) is 15.3 Å². The molecule has 0 saturated heterocycles. The largest absolute Gasteiger partial charge is 0.516 e. The molecular weight excluding hydrogens is 388 g/mol. The molecule has 0 saturated carbocycles. The van der Waals surface area contributed by atoms with E-state index in [0.29, 0.717) is 17.5 Å². The van der Waals surface area contributed by atoms with Crippen LogP contribution < -0.4 is 11.1 Å². The summed E-state index contributed by atoms with van der Waals surface area (Å²) in [5, 5.41) is 2.52. The zero-order chi connectivity index (χ0) is 21.8. The molecule has 1 amide bonds. The molecule has 1 atom stereocenters. The average Bonchev–Trinajstić information content (AvgIpc) is 2.77. The van der Waals surface area contributed by atoms with E-state index in [1.807, 2.05) is 6.92 Å². The Labute approximate surface area is 174 Å². The average molecular weight is 412 g/mol. The summed E-state index contributed by atoms with van der Waals surface area (Å²) in [6, 6.07) is 10.5. The lowest BCUT2D eigenvalue weighted by atomic mass is 10.1. The standard InChI is InChI=1S/C21H24N4O5/c1-2-3-13-29-21(28)30-20(27)18(15-7-5-4-6-8-15)25-17(26)14-24-19(22)16-9-11-23-12-10-16/h4-12,18H,2-3,13-14H2,1H3,(H2,22,24)(H,25,26)/t18-/m1/s1. The monoisotopic (exact) mass is 412 g/mol. The highest BCUT2D eigenvalue weighted by atomic mass is 16.7. The molecule has 3 N–H and O–H groups in total. The number of carbonyl (C=O) groups excluding carboxylic acids is 3. The van der Waals surface area contributed by atoms with E-state index < -0.39 is 24.1 Å². The molecule has 0 aliphatic carbocycles. The Morgan fingerprint density at radius 1 is 1.13 bits per heavy atom. The van der Waals surface area contributed by atoms with Crippen LogP contribution in [0.1, 0.15) is 36.9 Å². The summed E-state index contributed by atoms with van der Waals surface area (Å²) in [5.41, 5.74) is 6.92. The molecule has 1 aromatic carbocycles. The van der Waals surface area contributed by atoms with E-state index in [1.165, 1.54) is 0 Å². The van der Waals surface area contributed by atoms with Gasteiger partial charge in [0.2, 0.25) is 5.91 Å². The molecule has 0 aliphatic rings. The minimum Gasteiger partial charge on any atom is -0.434 e. The SMILES string of the molecule is CCCCOC(=O)OC(=O)[C@H](NC(=O)CN=C(N)c1ccncc1)c1ccccc1. The third kappa shape index (κ3) is 7.34. The Balaban J connectivity index is 2.03. The topological polar surface area (TPSA) is 133 Å². The number of aromatic nitrogens is 1. The lowest BCUT2D eigenvalue weighted by Crippen LogP contribution is -2.37. The predicted molar refractivity (Wildman–Crippen MR) is 110 cm³/mol. The van der Waals surface area contributed by atoms with Crippen LogP contribution in [-0.4, -0.2) is 42.0 Å². The highest BCUT2D eigenvalue weighted by Crippen LogP contribution is 2.15. The van der Waals surface area contributed by atoms with Crippen molar-refractivity contribution in [2.24, 2.45) is 10.7 Å². The minimum absolute atomic E-state index is 0.147. The second kappa shape index (κ2) is 11.9. The molecule has 9 nitrogen and oxygen atoms in total. The van der Waals surface area contributed by atoms with Crippen molar-refractivity contribution in [3.05, 3.63) is 66.0 Å². The molecule has 2 aromatic rings. The number of aliphatic imine (C=N–C) groups is 1. The van der Waals surface area contributed by atoms with Crippen molar-refractivity contribution in [3.63, 3.8) is 0 Å². The summed E-state index contributed by atoms with van der Waals surface area (Å²) in [7, 11) is 0. The van der Waals surface area contributed by atoms with Gasteiger partial charge in [0.05, 0.1) is 6.61 Å². The minimum atomic E-state index is -1.20. The van der Waals surface area contributed by atoms with Crippen LogP contribution in [0.5, 0.6) is 0 Å². The van der Waals surface area contributed by atoms with Gasteiger partial charge in [0.15, 0.2) is 6.04 Å². The van der Waals surface area contributed by atoms with Gasteiger partial charge in [-0.3, -0.25) is 14.8 Å². The number of nitrogens with one attached hydrogen (secondary N) is 1. The van der Waals surface area contributed by atoms with Gasteiger partial charge in [-0.15, -0.1) is 0 Å². The summed E-state index contributed by atoms with van der Waals surface area (Å²) in [4.78, 5) is 44.4. The molecule has 30 heavy (non-hydrogen) atoms. The van der Waals surface area contributed by atoms with E-state index in [0.717, 1.165) is 6.42 Å². The number of esters is 1. The van der Waals surface area contributed by atoms with Crippen molar-refractivity contribution in [2.45, 2.75) is 25.8 Å². The van der Waals surface area contributed by atoms with Gasteiger partial charge in [0.25, 0.3) is 0 Å². The van der Waals surface area contributed by atoms with Crippen LogP contribution in [0.15, 0.2) is 59.9 Å². The molecule has 0 fully saturated rings. The van der Waals surface area contributed by atoms with Crippen molar-refractivity contribution in [3.8, 4) is 0 Å². The first kappa shape index (κ1) is 22.5. The van der Waals surface area contributed by atoms with Gasteiger partial charge in [-0.05, 0) is 24.1 Å². The Bertz CT molecular complexity index is 871. The number of pyridine rings is 1. The molecule has 1 aromatic heterocycles. The van der Waals surface area contributed by atoms with Gasteiger partial charge in [-0.25, -0.2) is 9.59 Å². The highest BCUT2D eigenvalue weighted by Gasteiger charge is 2.27. The molecule has 0 bridgehead atoms. The Morgan fingerprint density at radius 3 is 2.50 bits per heavy atom. The number of hydrogen-bond donors (Lipinski definition) is 2. The van der Waals surface area contributed by atoms with Gasteiger partial charge in [-0.1, -0.05) is 43.7 Å². The molecule has 1 heterocycles. The van der Waals surface area contributed by atoms with Gasteiger partial charge in [0, 0.05) is 18.0 Å². The number of hydrogen-bond acceptors (Lipinski definition) is 7. The summed E-state index contributed by atoms with van der Waals surface area (Å²) in [6.07, 6.45) is 3.48. The number of ether oxygens (including phenoxy) is 2. The van der Waals surface area contributed by atoms with Gasteiger partial charge >= 0.3 is 12.1 Å². The number of amides is 1. The van der Waals surface area contributed by atoms with Crippen LogP contribution in [0.25, 0.3) is 0 Å². The third-order valence-electron chi connectivity index (χ3n) is 3.94. The van der Waals surface area contributed by atoms with Crippen LogP contribution in [-0.2, 0) is 19.1 Å². The Morgan fingerprint density at radius 2 is 1.83 bits per heavy atom. The number of rotatable bonds is 9. The fourth-order valence-electron chi connectivity index (χ4n) is 2.37. The summed E-state index contributed by atoms with van der Waals surface area (Å²) in [5.74, 6) is -1.37. The summed E-state index contributed by atoms with van der Waals surface area (Å²) >= 11 is 0. The first-order valence-corrected chi connectivity index (χ1v) is 9.44. The van der Waals surface area contributed by atoms with Crippen molar-refractivity contribution in [1.82, 2.24) is 10.3 Å². The molecule has 0 spiro atoms. The second-order valence-corrected chi connectivity index (χ2v) is 6.22. The van der Waals surface area contributed by atoms with Gasteiger partial charge in [0.1, 0.15) is 12.4 Å². The number of nitrogens with zero attached hydrogens (tertiary/aromatic N) is 2. The van der Waals surface area contributed by atoms with E-state index in [1.54, 1.807) is 54.9 Å². The van der Waals surface area contributed by atoms with E-state index in [4.69, 9.17) is 15.2 Å². The summed E-state index contributed by atoms with van der Waals surface area (Å²) in [6.45, 7) is 1.77. The van der Waals surface area contributed by atoms with Gasteiger partial charge < -0.3 is 20.5 Å². The van der Waals surface area contributed by atoms with Crippen molar-refractivity contribution in [1.29, 1.82) is 0 Å². The fraction of sp³-hybridized carbons (Fsp3) is 0.286. The van der Waals surface area contributed by atoms with Gasteiger partial charge in [-0.2, -0.15) is 0 Å². The molecular formula is C21H24N4O5. The number of nitrogens with two attached hydrogens (primary N) is 1. The Kier molecular flexibility index (Phi) is 8.98. The molecule has 0 radical (unpaired) electrons. The number of unbranched alkanes of at least 4 members (excludes halogenated alkanes) is 1. The molecule has 0 aliphatic heterocycles. The molecule has 2 rings (SSSR count). The lowest BCUT2D eigenvalue weighted by Gasteiger charge is -2.17.